The highest BCUT2D eigenvalue weighted by Gasteiger charge is 2.03. The van der Waals surface area contributed by atoms with Gasteiger partial charge < -0.3 is 4.74 Å². The zero-order chi connectivity index (χ0) is 10.4. The van der Waals surface area contributed by atoms with Crippen molar-refractivity contribution >= 4 is 21.9 Å². The van der Waals surface area contributed by atoms with Crippen molar-refractivity contribution in [1.29, 1.82) is 0 Å². The number of carbonyl (C=O) groups excluding carboxylic acids is 1. The Morgan fingerprint density at radius 3 is 3.07 bits per heavy atom. The first-order valence-electron chi connectivity index (χ1n) is 4.48. The van der Waals surface area contributed by atoms with E-state index in [1.165, 1.54) is 0 Å². The molecule has 0 aromatic carbocycles. The molecule has 0 aliphatic heterocycles. The predicted molar refractivity (Wildman–Crippen MR) is 56.9 cm³/mol. The van der Waals surface area contributed by atoms with E-state index in [-0.39, 0.29) is 5.97 Å². The van der Waals surface area contributed by atoms with Gasteiger partial charge in [-0.15, -0.1) is 0 Å². The Morgan fingerprint density at radius 2 is 2.43 bits per heavy atom. The van der Waals surface area contributed by atoms with Crippen LogP contribution < -0.4 is 0 Å². The van der Waals surface area contributed by atoms with Crippen LogP contribution in [0.25, 0.3) is 0 Å². The number of rotatable bonds is 4. The van der Waals surface area contributed by atoms with E-state index >= 15 is 0 Å². The lowest BCUT2D eigenvalue weighted by Crippen LogP contribution is -2.05. The number of esters is 1. The summed E-state index contributed by atoms with van der Waals surface area (Å²) in [4.78, 5) is 15.2. The molecular formula is C10H12BrNO2. The number of carbonyl (C=O) groups is 1. The monoisotopic (exact) mass is 257 g/mol. The molecule has 4 heteroatoms. The predicted octanol–water partition coefficient (Wildman–Crippen LogP) is 2.34. The minimum Gasteiger partial charge on any atom is -0.466 e. The van der Waals surface area contributed by atoms with Crippen LogP contribution in [0.3, 0.4) is 0 Å². The smallest absolute Gasteiger partial charge is 0.306 e. The first-order valence-corrected chi connectivity index (χ1v) is 5.27. The maximum absolute atomic E-state index is 11.0. The number of hydrogen-bond donors (Lipinski definition) is 0. The third kappa shape index (κ3) is 3.87. The molecule has 1 aromatic heterocycles. The molecule has 0 atom stereocenters. The standard InChI is InChI=1S/C10H12BrNO2/c1-2-14-10(13)4-3-9-7-8(11)5-6-12-9/h5-7H,2-4H2,1H3. The van der Waals surface area contributed by atoms with Crippen molar-refractivity contribution in [2.24, 2.45) is 0 Å². The van der Waals surface area contributed by atoms with E-state index in [2.05, 4.69) is 20.9 Å². The quantitative estimate of drug-likeness (QED) is 0.778. The second-order valence-electron chi connectivity index (χ2n) is 2.77. The van der Waals surface area contributed by atoms with Gasteiger partial charge in [-0.2, -0.15) is 0 Å². The Hall–Kier alpha value is -0.900. The first-order chi connectivity index (χ1) is 6.72. The van der Waals surface area contributed by atoms with Crippen LogP contribution in [0, 0.1) is 0 Å². The Balaban J connectivity index is 2.41. The van der Waals surface area contributed by atoms with Crippen LogP contribution in [0.15, 0.2) is 22.8 Å². The normalized spacial score (nSPS) is 9.86. The minimum atomic E-state index is -0.172. The van der Waals surface area contributed by atoms with Gasteiger partial charge in [0.15, 0.2) is 0 Å². The topological polar surface area (TPSA) is 39.2 Å². The van der Waals surface area contributed by atoms with Gasteiger partial charge in [-0.1, -0.05) is 15.9 Å². The number of ether oxygens (including phenoxy) is 1. The summed E-state index contributed by atoms with van der Waals surface area (Å²) >= 11 is 3.34. The second-order valence-corrected chi connectivity index (χ2v) is 3.69. The van der Waals surface area contributed by atoms with Gasteiger partial charge in [0.05, 0.1) is 13.0 Å². The molecule has 0 N–H and O–H groups in total. The summed E-state index contributed by atoms with van der Waals surface area (Å²) in [6.45, 7) is 2.24. The van der Waals surface area contributed by atoms with Gasteiger partial charge in [0.25, 0.3) is 0 Å². The Labute approximate surface area is 91.6 Å². The molecule has 0 saturated heterocycles. The average Bonchev–Trinajstić information content (AvgIpc) is 2.15. The Kier molecular flexibility index (Phi) is 4.59. The number of aromatic nitrogens is 1. The number of halogens is 1. The number of pyridine rings is 1. The molecule has 0 unspecified atom stereocenters. The summed E-state index contributed by atoms with van der Waals surface area (Å²) in [6, 6.07) is 3.76. The van der Waals surface area contributed by atoms with Crippen LogP contribution in [0.5, 0.6) is 0 Å². The molecule has 3 nitrogen and oxygen atoms in total. The van der Waals surface area contributed by atoms with Gasteiger partial charge in [-0.3, -0.25) is 9.78 Å². The highest BCUT2D eigenvalue weighted by molar-refractivity contribution is 9.10. The molecule has 0 amide bonds. The molecule has 0 spiro atoms. The molecular weight excluding hydrogens is 246 g/mol. The Bertz CT molecular complexity index is 315. The highest BCUT2D eigenvalue weighted by Crippen LogP contribution is 2.10. The molecule has 0 radical (unpaired) electrons. The fourth-order valence-corrected chi connectivity index (χ4v) is 1.43. The molecule has 0 bridgehead atoms. The lowest BCUT2D eigenvalue weighted by molar-refractivity contribution is -0.143. The third-order valence-electron chi connectivity index (χ3n) is 1.67. The van der Waals surface area contributed by atoms with Crippen molar-refractivity contribution in [3.05, 3.63) is 28.5 Å². The lowest BCUT2D eigenvalue weighted by Gasteiger charge is -2.01. The van der Waals surface area contributed by atoms with Crippen LogP contribution >= 0.6 is 15.9 Å². The van der Waals surface area contributed by atoms with Crippen molar-refractivity contribution < 1.29 is 9.53 Å². The molecule has 1 heterocycles. The molecule has 0 aliphatic carbocycles. The number of nitrogens with zero attached hydrogens (tertiary/aromatic N) is 1. The fraction of sp³-hybridized carbons (Fsp3) is 0.400. The summed E-state index contributed by atoms with van der Waals surface area (Å²) in [5.74, 6) is -0.172. The van der Waals surface area contributed by atoms with Crippen molar-refractivity contribution in [2.75, 3.05) is 6.61 Å². The summed E-state index contributed by atoms with van der Waals surface area (Å²) in [7, 11) is 0. The van der Waals surface area contributed by atoms with Crippen molar-refractivity contribution in [3.63, 3.8) is 0 Å². The SMILES string of the molecule is CCOC(=O)CCc1cc(Br)ccn1. The molecule has 76 valence electrons. The number of aryl methyl sites for hydroxylation is 1. The summed E-state index contributed by atoms with van der Waals surface area (Å²) in [5.41, 5.74) is 0.896. The third-order valence-corrected chi connectivity index (χ3v) is 2.16. The van der Waals surface area contributed by atoms with E-state index in [4.69, 9.17) is 4.74 Å². The first kappa shape index (κ1) is 11.2. The van der Waals surface area contributed by atoms with Crippen LogP contribution in [0.2, 0.25) is 0 Å². The minimum absolute atomic E-state index is 0.172. The maximum Gasteiger partial charge on any atom is 0.306 e. The molecule has 0 saturated carbocycles. The van der Waals surface area contributed by atoms with E-state index in [1.54, 1.807) is 13.1 Å². The van der Waals surface area contributed by atoms with E-state index in [0.717, 1.165) is 10.2 Å². The van der Waals surface area contributed by atoms with Crippen LogP contribution in [0.1, 0.15) is 19.0 Å². The van der Waals surface area contributed by atoms with E-state index in [9.17, 15) is 4.79 Å². The van der Waals surface area contributed by atoms with Gasteiger partial charge in [0.1, 0.15) is 0 Å². The fourth-order valence-electron chi connectivity index (χ4n) is 1.05. The molecule has 0 aliphatic rings. The largest absolute Gasteiger partial charge is 0.466 e. The van der Waals surface area contributed by atoms with Crippen LogP contribution in [-0.4, -0.2) is 17.6 Å². The Morgan fingerprint density at radius 1 is 1.64 bits per heavy atom. The van der Waals surface area contributed by atoms with E-state index in [1.807, 2.05) is 12.1 Å². The zero-order valence-corrected chi connectivity index (χ0v) is 9.58. The van der Waals surface area contributed by atoms with Crippen molar-refractivity contribution in [1.82, 2.24) is 4.98 Å². The van der Waals surface area contributed by atoms with Gasteiger partial charge in [-0.05, 0) is 19.1 Å². The summed E-state index contributed by atoms with van der Waals surface area (Å²) in [5, 5.41) is 0. The summed E-state index contributed by atoms with van der Waals surface area (Å²) < 4.78 is 5.79. The number of hydrogen-bond acceptors (Lipinski definition) is 3. The zero-order valence-electron chi connectivity index (χ0n) is 8.00. The molecule has 1 rings (SSSR count). The van der Waals surface area contributed by atoms with Crippen LogP contribution in [-0.2, 0) is 16.0 Å². The lowest BCUT2D eigenvalue weighted by atomic mass is 10.2. The van der Waals surface area contributed by atoms with Crippen molar-refractivity contribution in [3.8, 4) is 0 Å². The second kappa shape index (κ2) is 5.75. The van der Waals surface area contributed by atoms with E-state index < -0.39 is 0 Å². The van der Waals surface area contributed by atoms with Gasteiger partial charge in [0.2, 0.25) is 0 Å². The molecule has 0 fully saturated rings. The van der Waals surface area contributed by atoms with Gasteiger partial charge in [-0.25, -0.2) is 0 Å². The van der Waals surface area contributed by atoms with Crippen LogP contribution in [0.4, 0.5) is 0 Å². The molecule has 14 heavy (non-hydrogen) atoms. The van der Waals surface area contributed by atoms with Crippen molar-refractivity contribution in [2.45, 2.75) is 19.8 Å². The van der Waals surface area contributed by atoms with E-state index in [0.29, 0.717) is 19.4 Å². The average molecular weight is 258 g/mol. The molecule has 1 aromatic rings. The highest BCUT2D eigenvalue weighted by atomic mass is 79.9. The maximum atomic E-state index is 11.0. The van der Waals surface area contributed by atoms with Gasteiger partial charge in [0, 0.05) is 22.8 Å². The van der Waals surface area contributed by atoms with Gasteiger partial charge >= 0.3 is 5.97 Å². The summed E-state index contributed by atoms with van der Waals surface area (Å²) in [6.07, 6.45) is 2.72.